The molecule has 0 fully saturated rings. The molecule has 0 unspecified atom stereocenters. The number of hydrazine groups is 1. The van der Waals surface area contributed by atoms with Crippen molar-refractivity contribution < 1.29 is 17.6 Å². The van der Waals surface area contributed by atoms with Crippen molar-refractivity contribution in [1.82, 2.24) is 10.3 Å². The SMILES string of the molecule is CCS(=O)(=O)NNC(=O)c1c(F)ccc(-c2ccccc2)c1C. The number of carbonyl (C=O) groups is 1. The highest BCUT2D eigenvalue weighted by atomic mass is 32.2. The average molecular weight is 336 g/mol. The molecular weight excluding hydrogens is 319 g/mol. The predicted molar refractivity (Wildman–Crippen MR) is 86.6 cm³/mol. The van der Waals surface area contributed by atoms with E-state index in [4.69, 9.17) is 0 Å². The van der Waals surface area contributed by atoms with Crippen molar-refractivity contribution in [1.29, 1.82) is 0 Å². The molecule has 0 aliphatic rings. The van der Waals surface area contributed by atoms with Crippen LogP contribution in [0.2, 0.25) is 0 Å². The summed E-state index contributed by atoms with van der Waals surface area (Å²) in [7, 11) is -3.61. The number of nitrogens with one attached hydrogen (secondary N) is 2. The second kappa shape index (κ2) is 6.89. The summed E-state index contributed by atoms with van der Waals surface area (Å²) in [5, 5.41) is 0. The van der Waals surface area contributed by atoms with E-state index in [9.17, 15) is 17.6 Å². The first-order valence-corrected chi connectivity index (χ1v) is 8.65. The summed E-state index contributed by atoms with van der Waals surface area (Å²) >= 11 is 0. The van der Waals surface area contributed by atoms with E-state index in [2.05, 4.69) is 0 Å². The molecule has 0 aromatic heterocycles. The summed E-state index contributed by atoms with van der Waals surface area (Å²) in [5.41, 5.74) is 3.82. The third kappa shape index (κ3) is 3.94. The van der Waals surface area contributed by atoms with Gasteiger partial charge >= 0.3 is 0 Å². The molecule has 5 nitrogen and oxygen atoms in total. The molecule has 2 aromatic rings. The highest BCUT2D eigenvalue weighted by molar-refractivity contribution is 7.89. The lowest BCUT2D eigenvalue weighted by molar-refractivity contribution is 0.0940. The smallest absolute Gasteiger partial charge is 0.269 e. The van der Waals surface area contributed by atoms with Crippen LogP contribution >= 0.6 is 0 Å². The fourth-order valence-electron chi connectivity index (χ4n) is 2.15. The van der Waals surface area contributed by atoms with Crippen LogP contribution in [-0.2, 0) is 10.0 Å². The molecule has 2 N–H and O–H groups in total. The van der Waals surface area contributed by atoms with Gasteiger partial charge < -0.3 is 0 Å². The van der Waals surface area contributed by atoms with Crippen molar-refractivity contribution in [2.24, 2.45) is 0 Å². The van der Waals surface area contributed by atoms with Gasteiger partial charge in [-0.25, -0.2) is 12.8 Å². The van der Waals surface area contributed by atoms with Crippen LogP contribution in [0, 0.1) is 12.7 Å². The molecule has 0 radical (unpaired) electrons. The number of halogens is 1. The topological polar surface area (TPSA) is 75.3 Å². The summed E-state index contributed by atoms with van der Waals surface area (Å²) < 4.78 is 36.8. The molecule has 23 heavy (non-hydrogen) atoms. The van der Waals surface area contributed by atoms with Gasteiger partial charge in [-0.05, 0) is 36.6 Å². The number of hydrogen-bond donors (Lipinski definition) is 2. The standard InChI is InChI=1S/C16H17FN2O3S/c1-3-23(21,22)19-18-16(20)15-11(2)13(9-10-14(15)17)12-7-5-4-6-8-12/h4-10,19H,3H2,1-2H3,(H,18,20). The fraction of sp³-hybridized carbons (Fsp3) is 0.188. The maximum absolute atomic E-state index is 14.1. The normalized spacial score (nSPS) is 11.3. The zero-order valence-electron chi connectivity index (χ0n) is 12.8. The third-order valence-corrected chi connectivity index (χ3v) is 4.60. The fourth-order valence-corrected chi connectivity index (χ4v) is 2.54. The monoisotopic (exact) mass is 336 g/mol. The number of carbonyl (C=O) groups excluding carboxylic acids is 1. The molecule has 0 atom stereocenters. The van der Waals surface area contributed by atoms with Crippen LogP contribution in [0.4, 0.5) is 4.39 Å². The van der Waals surface area contributed by atoms with Gasteiger partial charge in [0.25, 0.3) is 5.91 Å². The first-order valence-electron chi connectivity index (χ1n) is 7.00. The second-order valence-electron chi connectivity index (χ2n) is 4.92. The molecule has 0 saturated carbocycles. The summed E-state index contributed by atoms with van der Waals surface area (Å²) in [6.07, 6.45) is 0. The Bertz CT molecular complexity index is 821. The molecule has 0 spiro atoms. The van der Waals surface area contributed by atoms with Gasteiger partial charge in [-0.15, -0.1) is 4.83 Å². The summed E-state index contributed by atoms with van der Waals surface area (Å²) in [4.78, 5) is 14.1. The molecule has 0 saturated heterocycles. The van der Waals surface area contributed by atoms with E-state index in [0.29, 0.717) is 11.1 Å². The van der Waals surface area contributed by atoms with Crippen LogP contribution in [0.25, 0.3) is 11.1 Å². The van der Waals surface area contributed by atoms with E-state index in [0.717, 1.165) is 5.56 Å². The van der Waals surface area contributed by atoms with Gasteiger partial charge in [0.2, 0.25) is 10.0 Å². The molecule has 7 heteroatoms. The van der Waals surface area contributed by atoms with Crippen LogP contribution in [0.15, 0.2) is 42.5 Å². The Morgan fingerprint density at radius 3 is 2.39 bits per heavy atom. The van der Waals surface area contributed by atoms with Crippen molar-refractivity contribution in [2.75, 3.05) is 5.75 Å². The van der Waals surface area contributed by atoms with E-state index >= 15 is 0 Å². The number of amides is 1. The van der Waals surface area contributed by atoms with Crippen LogP contribution in [0.3, 0.4) is 0 Å². The zero-order chi connectivity index (χ0) is 17.0. The number of hydrogen-bond acceptors (Lipinski definition) is 3. The van der Waals surface area contributed by atoms with Gasteiger partial charge in [0.05, 0.1) is 11.3 Å². The molecule has 0 aliphatic carbocycles. The Kier molecular flexibility index (Phi) is 5.12. The molecule has 2 aromatic carbocycles. The first-order chi connectivity index (χ1) is 10.9. The molecule has 0 heterocycles. The Hall–Kier alpha value is -2.25. The molecule has 2 rings (SSSR count). The molecule has 0 bridgehead atoms. The largest absolute Gasteiger partial charge is 0.274 e. The van der Waals surface area contributed by atoms with Gasteiger partial charge in [0.15, 0.2) is 0 Å². The number of benzene rings is 2. The quantitative estimate of drug-likeness (QED) is 0.823. The van der Waals surface area contributed by atoms with Crippen molar-refractivity contribution in [3.05, 3.63) is 59.4 Å². The lowest BCUT2D eigenvalue weighted by Crippen LogP contribution is -2.42. The van der Waals surface area contributed by atoms with Crippen LogP contribution in [-0.4, -0.2) is 20.1 Å². The van der Waals surface area contributed by atoms with Crippen molar-refractivity contribution >= 4 is 15.9 Å². The minimum atomic E-state index is -3.61. The van der Waals surface area contributed by atoms with Gasteiger partial charge in [0, 0.05) is 0 Å². The predicted octanol–water partition coefficient (Wildman–Crippen LogP) is 2.39. The van der Waals surface area contributed by atoms with E-state index in [1.165, 1.54) is 13.0 Å². The Morgan fingerprint density at radius 1 is 1.13 bits per heavy atom. The third-order valence-electron chi connectivity index (χ3n) is 3.43. The van der Waals surface area contributed by atoms with Gasteiger partial charge in [-0.3, -0.25) is 10.2 Å². The summed E-state index contributed by atoms with van der Waals surface area (Å²) in [6.45, 7) is 3.05. The second-order valence-corrected chi connectivity index (χ2v) is 6.93. The molecule has 1 amide bonds. The van der Waals surface area contributed by atoms with Gasteiger partial charge in [-0.2, -0.15) is 0 Å². The van der Waals surface area contributed by atoms with E-state index in [-0.39, 0.29) is 11.3 Å². The summed E-state index contributed by atoms with van der Waals surface area (Å²) in [6, 6.07) is 12.0. The van der Waals surface area contributed by atoms with E-state index < -0.39 is 21.7 Å². The Morgan fingerprint density at radius 2 is 1.78 bits per heavy atom. The van der Waals surface area contributed by atoms with Crippen molar-refractivity contribution in [3.63, 3.8) is 0 Å². The molecule has 0 aliphatic heterocycles. The minimum absolute atomic E-state index is 0.190. The zero-order valence-corrected chi connectivity index (χ0v) is 13.6. The molecule has 122 valence electrons. The Balaban J connectivity index is 2.37. The number of sulfonamides is 1. The van der Waals surface area contributed by atoms with Crippen molar-refractivity contribution in [2.45, 2.75) is 13.8 Å². The Labute approximate surface area is 134 Å². The number of rotatable bonds is 5. The van der Waals surface area contributed by atoms with Gasteiger partial charge in [-0.1, -0.05) is 36.4 Å². The summed E-state index contributed by atoms with van der Waals surface area (Å²) in [5.74, 6) is -1.75. The maximum atomic E-state index is 14.1. The van der Waals surface area contributed by atoms with Gasteiger partial charge in [0.1, 0.15) is 5.82 Å². The van der Waals surface area contributed by atoms with E-state index in [1.54, 1.807) is 13.0 Å². The van der Waals surface area contributed by atoms with Crippen LogP contribution < -0.4 is 10.3 Å². The van der Waals surface area contributed by atoms with E-state index in [1.807, 2.05) is 40.6 Å². The lowest BCUT2D eigenvalue weighted by Gasteiger charge is -2.13. The minimum Gasteiger partial charge on any atom is -0.274 e. The van der Waals surface area contributed by atoms with Crippen molar-refractivity contribution in [3.8, 4) is 11.1 Å². The highest BCUT2D eigenvalue weighted by Crippen LogP contribution is 2.27. The first kappa shape index (κ1) is 17.1. The lowest BCUT2D eigenvalue weighted by atomic mass is 9.96. The molecular formula is C16H17FN2O3S. The average Bonchev–Trinajstić information content (AvgIpc) is 2.54. The highest BCUT2D eigenvalue weighted by Gasteiger charge is 2.19. The maximum Gasteiger partial charge on any atom is 0.269 e. The van der Waals surface area contributed by atoms with Crippen LogP contribution in [0.5, 0.6) is 0 Å². The van der Waals surface area contributed by atoms with Crippen LogP contribution in [0.1, 0.15) is 22.8 Å².